The van der Waals surface area contributed by atoms with E-state index in [2.05, 4.69) is 56.9 Å². The smallest absolute Gasteiger partial charge is 0.0721 e. The average Bonchev–Trinajstić information content (AvgIpc) is 2.39. The molecule has 1 aromatic carbocycles. The second-order valence-electron chi connectivity index (χ2n) is 5.50. The topological polar surface area (TPSA) is 21.3 Å². The molecule has 0 aromatic heterocycles. The lowest BCUT2D eigenvalue weighted by Gasteiger charge is -2.15. The summed E-state index contributed by atoms with van der Waals surface area (Å²) in [4.78, 5) is 0. The number of nitrogens with one attached hydrogen (secondary N) is 1. The maximum absolute atomic E-state index is 5.43. The third kappa shape index (κ3) is 6.55. The molecule has 1 aromatic rings. The molecule has 0 aliphatic heterocycles. The maximum atomic E-state index is 5.43. The van der Waals surface area contributed by atoms with Gasteiger partial charge in [-0.3, -0.25) is 0 Å². The summed E-state index contributed by atoms with van der Waals surface area (Å²) in [6.45, 7) is 13.7. The summed E-state index contributed by atoms with van der Waals surface area (Å²) in [5.41, 5.74) is 2.59. The molecule has 0 spiro atoms. The predicted octanol–water partition coefficient (Wildman–Crippen LogP) is 3.74. The first-order valence-corrected chi connectivity index (χ1v) is 7.11. The van der Waals surface area contributed by atoms with Gasteiger partial charge in [0.1, 0.15) is 0 Å². The molecule has 0 aliphatic rings. The van der Waals surface area contributed by atoms with Crippen molar-refractivity contribution in [3.05, 3.63) is 48.0 Å². The van der Waals surface area contributed by atoms with E-state index in [1.807, 2.05) is 0 Å². The minimum Gasteiger partial charge on any atom is -0.373 e. The zero-order valence-corrected chi connectivity index (χ0v) is 12.5. The Balaban J connectivity index is 2.39. The van der Waals surface area contributed by atoms with Gasteiger partial charge < -0.3 is 10.1 Å². The van der Waals surface area contributed by atoms with Crippen LogP contribution in [0.15, 0.2) is 36.9 Å². The van der Waals surface area contributed by atoms with Crippen molar-refractivity contribution in [2.45, 2.75) is 33.3 Å². The maximum Gasteiger partial charge on any atom is 0.0721 e. The van der Waals surface area contributed by atoms with E-state index in [9.17, 15) is 0 Å². The highest BCUT2D eigenvalue weighted by atomic mass is 16.5. The molecule has 0 heterocycles. The molecule has 1 N–H and O–H groups in total. The molecule has 2 nitrogen and oxygen atoms in total. The molecule has 0 saturated heterocycles. The highest BCUT2D eigenvalue weighted by Crippen LogP contribution is 2.15. The van der Waals surface area contributed by atoms with E-state index >= 15 is 0 Å². The van der Waals surface area contributed by atoms with Crippen molar-refractivity contribution in [3.8, 4) is 0 Å². The Bertz CT molecular complexity index is 356. The van der Waals surface area contributed by atoms with E-state index in [-0.39, 0.29) is 0 Å². The summed E-state index contributed by atoms with van der Waals surface area (Å²) in [5.74, 6) is 1.25. The molecule has 0 amide bonds. The van der Waals surface area contributed by atoms with E-state index in [4.69, 9.17) is 4.74 Å². The Hall–Kier alpha value is -1.12. The normalized spacial score (nSPS) is 12.6. The van der Waals surface area contributed by atoms with Crippen molar-refractivity contribution in [1.29, 1.82) is 0 Å². The van der Waals surface area contributed by atoms with Gasteiger partial charge in [0.05, 0.1) is 13.2 Å². The van der Waals surface area contributed by atoms with Gasteiger partial charge >= 0.3 is 0 Å². The van der Waals surface area contributed by atoms with Crippen LogP contribution in [-0.4, -0.2) is 19.7 Å². The van der Waals surface area contributed by atoms with Gasteiger partial charge in [0, 0.05) is 6.54 Å². The Labute approximate surface area is 117 Å². The standard InChI is InChI=1S/C17H27NO/c1-5-10-19-13-16-6-8-17(9-7-16)15(4)12-18-11-14(2)3/h5-9,14-15,18H,1,10-13H2,2-4H3. The zero-order chi connectivity index (χ0) is 14.1. The first-order valence-electron chi connectivity index (χ1n) is 7.11. The Morgan fingerprint density at radius 3 is 2.42 bits per heavy atom. The van der Waals surface area contributed by atoms with Gasteiger partial charge in [-0.15, -0.1) is 6.58 Å². The number of hydrogen-bond acceptors (Lipinski definition) is 2. The van der Waals surface area contributed by atoms with Crippen LogP contribution in [-0.2, 0) is 11.3 Å². The first kappa shape index (κ1) is 15.9. The predicted molar refractivity (Wildman–Crippen MR) is 82.4 cm³/mol. The zero-order valence-electron chi connectivity index (χ0n) is 12.5. The third-order valence-electron chi connectivity index (χ3n) is 3.06. The molecule has 106 valence electrons. The Kier molecular flexibility index (Phi) is 7.46. The number of ether oxygens (including phenoxy) is 1. The molecular formula is C17H27NO. The quantitative estimate of drug-likeness (QED) is 0.540. The molecule has 19 heavy (non-hydrogen) atoms. The van der Waals surface area contributed by atoms with E-state index in [0.717, 1.165) is 13.1 Å². The van der Waals surface area contributed by atoms with Gasteiger partial charge in [0.25, 0.3) is 0 Å². The number of rotatable bonds is 9. The van der Waals surface area contributed by atoms with Gasteiger partial charge in [-0.05, 0) is 29.5 Å². The average molecular weight is 261 g/mol. The lowest BCUT2D eigenvalue weighted by atomic mass is 10.00. The van der Waals surface area contributed by atoms with Crippen LogP contribution in [0.3, 0.4) is 0 Å². The van der Waals surface area contributed by atoms with Crippen LogP contribution in [0.2, 0.25) is 0 Å². The summed E-state index contributed by atoms with van der Waals surface area (Å²) in [6, 6.07) is 8.71. The monoisotopic (exact) mass is 261 g/mol. The van der Waals surface area contributed by atoms with Crippen LogP contribution in [0.25, 0.3) is 0 Å². The minimum absolute atomic E-state index is 0.543. The lowest BCUT2D eigenvalue weighted by molar-refractivity contribution is 0.149. The summed E-state index contributed by atoms with van der Waals surface area (Å²) in [6.07, 6.45) is 1.77. The number of hydrogen-bond donors (Lipinski definition) is 1. The van der Waals surface area contributed by atoms with Crippen molar-refractivity contribution in [2.75, 3.05) is 19.7 Å². The third-order valence-corrected chi connectivity index (χ3v) is 3.06. The lowest BCUT2D eigenvalue weighted by Crippen LogP contribution is -2.24. The van der Waals surface area contributed by atoms with E-state index in [0.29, 0.717) is 25.0 Å². The molecule has 0 aliphatic carbocycles. The van der Waals surface area contributed by atoms with Crippen LogP contribution in [0.4, 0.5) is 0 Å². The fourth-order valence-electron chi connectivity index (χ4n) is 1.91. The molecule has 0 radical (unpaired) electrons. The summed E-state index contributed by atoms with van der Waals surface area (Å²) < 4.78 is 5.43. The van der Waals surface area contributed by atoms with Gasteiger partial charge in [0.15, 0.2) is 0 Å². The van der Waals surface area contributed by atoms with Crippen LogP contribution in [0.1, 0.15) is 37.8 Å². The molecular weight excluding hydrogens is 234 g/mol. The second-order valence-corrected chi connectivity index (χ2v) is 5.50. The van der Waals surface area contributed by atoms with Crippen molar-refractivity contribution in [1.82, 2.24) is 5.32 Å². The van der Waals surface area contributed by atoms with Crippen molar-refractivity contribution < 1.29 is 4.74 Å². The fourth-order valence-corrected chi connectivity index (χ4v) is 1.91. The second kappa shape index (κ2) is 8.89. The molecule has 0 bridgehead atoms. The molecule has 0 fully saturated rings. The van der Waals surface area contributed by atoms with Crippen molar-refractivity contribution >= 4 is 0 Å². The minimum atomic E-state index is 0.543. The Morgan fingerprint density at radius 1 is 1.16 bits per heavy atom. The van der Waals surface area contributed by atoms with E-state index in [1.54, 1.807) is 6.08 Å². The SMILES string of the molecule is C=CCOCc1ccc(C(C)CNCC(C)C)cc1. The van der Waals surface area contributed by atoms with Crippen molar-refractivity contribution in [2.24, 2.45) is 5.92 Å². The fraction of sp³-hybridized carbons (Fsp3) is 0.529. The highest BCUT2D eigenvalue weighted by Gasteiger charge is 2.05. The van der Waals surface area contributed by atoms with E-state index < -0.39 is 0 Å². The largest absolute Gasteiger partial charge is 0.373 e. The van der Waals surface area contributed by atoms with Gasteiger partial charge in [-0.25, -0.2) is 0 Å². The summed E-state index contributed by atoms with van der Waals surface area (Å²) in [7, 11) is 0. The van der Waals surface area contributed by atoms with Crippen LogP contribution >= 0.6 is 0 Å². The van der Waals surface area contributed by atoms with Crippen LogP contribution in [0, 0.1) is 5.92 Å². The van der Waals surface area contributed by atoms with Crippen molar-refractivity contribution in [3.63, 3.8) is 0 Å². The van der Waals surface area contributed by atoms with Crippen LogP contribution in [0.5, 0.6) is 0 Å². The van der Waals surface area contributed by atoms with E-state index in [1.165, 1.54) is 11.1 Å². The Morgan fingerprint density at radius 2 is 1.84 bits per heavy atom. The van der Waals surface area contributed by atoms with Crippen LogP contribution < -0.4 is 5.32 Å². The molecule has 0 saturated carbocycles. The number of benzene rings is 1. The molecule has 1 rings (SSSR count). The molecule has 1 atom stereocenters. The van der Waals surface area contributed by atoms with Gasteiger partial charge in [-0.2, -0.15) is 0 Å². The molecule has 2 heteroatoms. The highest BCUT2D eigenvalue weighted by molar-refractivity contribution is 5.24. The first-order chi connectivity index (χ1) is 9.13. The molecule has 1 unspecified atom stereocenters. The van der Waals surface area contributed by atoms with Gasteiger partial charge in [0.2, 0.25) is 0 Å². The van der Waals surface area contributed by atoms with Gasteiger partial charge in [-0.1, -0.05) is 51.1 Å². The summed E-state index contributed by atoms with van der Waals surface area (Å²) in [5, 5.41) is 3.50. The summed E-state index contributed by atoms with van der Waals surface area (Å²) >= 11 is 0.